The van der Waals surface area contributed by atoms with Gasteiger partial charge in [0.2, 0.25) is 5.91 Å². The van der Waals surface area contributed by atoms with Crippen molar-refractivity contribution in [1.82, 2.24) is 4.90 Å². The SMILES string of the molecule is C#CCCC1(CCC(=O)N2Cc3ccccc3OCC2C)N=N1. The summed E-state index contributed by atoms with van der Waals surface area (Å²) in [6.45, 7) is 3.12. The molecule has 1 amide bonds. The first kappa shape index (κ1) is 15.5. The Balaban J connectivity index is 1.61. The summed E-state index contributed by atoms with van der Waals surface area (Å²) >= 11 is 0. The largest absolute Gasteiger partial charge is 0.491 e. The minimum atomic E-state index is -0.397. The quantitative estimate of drug-likeness (QED) is 0.784. The van der Waals surface area contributed by atoms with Crippen molar-refractivity contribution in [3.63, 3.8) is 0 Å². The summed E-state index contributed by atoms with van der Waals surface area (Å²) in [5.74, 6) is 3.60. The number of rotatable bonds is 5. The Morgan fingerprint density at radius 3 is 2.96 bits per heavy atom. The highest BCUT2D eigenvalue weighted by Gasteiger charge is 2.40. The first-order valence-corrected chi connectivity index (χ1v) is 8.01. The number of carbonyl (C=O) groups is 1. The molecule has 0 spiro atoms. The number of hydrogen-bond acceptors (Lipinski definition) is 4. The van der Waals surface area contributed by atoms with Crippen LogP contribution in [0.5, 0.6) is 5.75 Å². The summed E-state index contributed by atoms with van der Waals surface area (Å²) in [6.07, 6.45) is 7.74. The molecule has 0 N–H and O–H groups in total. The molecule has 1 aromatic carbocycles. The lowest BCUT2D eigenvalue weighted by molar-refractivity contribution is -0.134. The molecule has 0 bridgehead atoms. The third kappa shape index (κ3) is 3.53. The molecule has 1 aromatic rings. The topological polar surface area (TPSA) is 54.3 Å². The minimum absolute atomic E-state index is 0.0460. The van der Waals surface area contributed by atoms with Gasteiger partial charge >= 0.3 is 0 Å². The molecule has 23 heavy (non-hydrogen) atoms. The van der Waals surface area contributed by atoms with Crippen LogP contribution < -0.4 is 4.74 Å². The molecule has 1 unspecified atom stereocenters. The van der Waals surface area contributed by atoms with Gasteiger partial charge in [0.25, 0.3) is 0 Å². The van der Waals surface area contributed by atoms with Crippen LogP contribution in [0.3, 0.4) is 0 Å². The number of terminal acetylenes is 1. The summed E-state index contributed by atoms with van der Waals surface area (Å²) < 4.78 is 5.80. The summed E-state index contributed by atoms with van der Waals surface area (Å²) in [4.78, 5) is 14.6. The Labute approximate surface area is 136 Å². The van der Waals surface area contributed by atoms with Crippen LogP contribution in [0.4, 0.5) is 0 Å². The maximum absolute atomic E-state index is 12.7. The van der Waals surface area contributed by atoms with E-state index in [9.17, 15) is 4.79 Å². The molecule has 0 aromatic heterocycles. The number of carbonyl (C=O) groups excluding carboxylic acids is 1. The zero-order chi connectivity index (χ0) is 16.3. The van der Waals surface area contributed by atoms with E-state index in [1.165, 1.54) is 0 Å². The van der Waals surface area contributed by atoms with Crippen molar-refractivity contribution < 1.29 is 9.53 Å². The number of hydrogen-bond donors (Lipinski definition) is 0. The van der Waals surface area contributed by atoms with Gasteiger partial charge in [-0.05, 0) is 13.0 Å². The molecular formula is C18H21N3O2. The van der Waals surface area contributed by atoms with E-state index < -0.39 is 5.66 Å². The molecular weight excluding hydrogens is 290 g/mol. The van der Waals surface area contributed by atoms with Crippen LogP contribution in [-0.4, -0.2) is 29.1 Å². The average Bonchev–Trinajstić information content (AvgIpc) is 3.36. The van der Waals surface area contributed by atoms with Gasteiger partial charge in [-0.15, -0.1) is 12.3 Å². The second-order valence-electron chi connectivity index (χ2n) is 6.18. The number of nitrogens with zero attached hydrogens (tertiary/aromatic N) is 3. The van der Waals surface area contributed by atoms with Gasteiger partial charge in [-0.3, -0.25) is 4.79 Å². The lowest BCUT2D eigenvalue weighted by atomic mass is 10.0. The Kier molecular flexibility index (Phi) is 4.33. The fourth-order valence-corrected chi connectivity index (χ4v) is 2.87. The third-order valence-corrected chi connectivity index (χ3v) is 4.44. The van der Waals surface area contributed by atoms with Gasteiger partial charge in [-0.2, -0.15) is 10.2 Å². The standard InChI is InChI=1S/C18H21N3O2/c1-3-4-10-18(19-20-18)11-9-17(22)21-12-15-7-5-6-8-16(15)23-13-14(21)2/h1,5-8,14H,4,9-13H2,2H3. The van der Waals surface area contributed by atoms with Crippen LogP contribution in [0.25, 0.3) is 0 Å². The monoisotopic (exact) mass is 311 g/mol. The highest BCUT2D eigenvalue weighted by molar-refractivity contribution is 5.77. The Hall–Kier alpha value is -2.35. The second-order valence-corrected chi connectivity index (χ2v) is 6.18. The fourth-order valence-electron chi connectivity index (χ4n) is 2.87. The van der Waals surface area contributed by atoms with E-state index in [-0.39, 0.29) is 11.9 Å². The molecule has 0 saturated carbocycles. The van der Waals surface area contributed by atoms with Crippen molar-refractivity contribution in [3.05, 3.63) is 29.8 Å². The molecule has 0 fully saturated rings. The molecule has 120 valence electrons. The van der Waals surface area contributed by atoms with Gasteiger partial charge in [-0.1, -0.05) is 18.2 Å². The predicted molar refractivity (Wildman–Crippen MR) is 86.8 cm³/mol. The highest BCUT2D eigenvalue weighted by Crippen LogP contribution is 2.38. The molecule has 2 aliphatic heterocycles. The summed E-state index contributed by atoms with van der Waals surface area (Å²) in [5, 5.41) is 8.19. The maximum Gasteiger partial charge on any atom is 0.223 e. The number of benzene rings is 1. The molecule has 0 aliphatic carbocycles. The van der Waals surface area contributed by atoms with Crippen molar-refractivity contribution in [2.24, 2.45) is 10.2 Å². The molecule has 0 radical (unpaired) electrons. The van der Waals surface area contributed by atoms with Crippen LogP contribution in [0.15, 0.2) is 34.5 Å². The van der Waals surface area contributed by atoms with E-state index in [2.05, 4.69) is 16.1 Å². The van der Waals surface area contributed by atoms with Crippen molar-refractivity contribution in [1.29, 1.82) is 0 Å². The fraction of sp³-hybridized carbons (Fsp3) is 0.500. The lowest BCUT2D eigenvalue weighted by Gasteiger charge is -2.26. The molecule has 2 heterocycles. The molecule has 2 aliphatic rings. The first-order chi connectivity index (χ1) is 11.1. The average molecular weight is 311 g/mol. The molecule has 0 saturated heterocycles. The van der Waals surface area contributed by atoms with Gasteiger partial charge < -0.3 is 9.64 Å². The zero-order valence-corrected chi connectivity index (χ0v) is 13.4. The maximum atomic E-state index is 12.7. The van der Waals surface area contributed by atoms with Gasteiger partial charge in [0.1, 0.15) is 12.4 Å². The molecule has 5 heteroatoms. The molecule has 3 rings (SSSR count). The minimum Gasteiger partial charge on any atom is -0.491 e. The highest BCUT2D eigenvalue weighted by atomic mass is 16.5. The van der Waals surface area contributed by atoms with Gasteiger partial charge in [0, 0.05) is 37.8 Å². The van der Waals surface area contributed by atoms with Crippen molar-refractivity contribution in [2.45, 2.75) is 50.9 Å². The second kappa shape index (κ2) is 6.41. The lowest BCUT2D eigenvalue weighted by Crippen LogP contribution is -2.40. The Morgan fingerprint density at radius 2 is 2.22 bits per heavy atom. The first-order valence-electron chi connectivity index (χ1n) is 8.01. The van der Waals surface area contributed by atoms with Crippen LogP contribution in [0, 0.1) is 12.3 Å². The van der Waals surface area contributed by atoms with E-state index in [1.807, 2.05) is 36.1 Å². The van der Waals surface area contributed by atoms with Crippen LogP contribution >= 0.6 is 0 Å². The smallest absolute Gasteiger partial charge is 0.223 e. The van der Waals surface area contributed by atoms with E-state index in [0.717, 1.165) is 17.7 Å². The van der Waals surface area contributed by atoms with Crippen molar-refractivity contribution >= 4 is 5.91 Å². The van der Waals surface area contributed by atoms with Gasteiger partial charge in [-0.25, -0.2) is 0 Å². The Bertz CT molecular complexity index is 656. The molecule has 5 nitrogen and oxygen atoms in total. The number of fused-ring (bicyclic) bond motifs is 1. The number of amides is 1. The molecule has 1 atom stereocenters. The van der Waals surface area contributed by atoms with E-state index >= 15 is 0 Å². The Morgan fingerprint density at radius 1 is 1.43 bits per heavy atom. The normalized spacial score (nSPS) is 20.9. The van der Waals surface area contributed by atoms with Crippen molar-refractivity contribution in [2.75, 3.05) is 6.61 Å². The van der Waals surface area contributed by atoms with Crippen LogP contribution in [0.2, 0.25) is 0 Å². The van der Waals surface area contributed by atoms with E-state index in [4.69, 9.17) is 11.2 Å². The zero-order valence-electron chi connectivity index (χ0n) is 13.4. The number of ether oxygens (including phenoxy) is 1. The summed E-state index contributed by atoms with van der Waals surface area (Å²) in [5.41, 5.74) is 0.652. The summed E-state index contributed by atoms with van der Waals surface area (Å²) in [7, 11) is 0. The van der Waals surface area contributed by atoms with Crippen molar-refractivity contribution in [3.8, 4) is 18.1 Å². The van der Waals surface area contributed by atoms with Gasteiger partial charge in [0.15, 0.2) is 5.66 Å². The van der Waals surface area contributed by atoms with E-state index in [1.54, 1.807) is 0 Å². The van der Waals surface area contributed by atoms with Crippen LogP contribution in [-0.2, 0) is 11.3 Å². The van der Waals surface area contributed by atoms with Crippen LogP contribution in [0.1, 0.15) is 38.2 Å². The number of para-hydroxylation sites is 1. The summed E-state index contributed by atoms with van der Waals surface area (Å²) in [6, 6.07) is 7.93. The predicted octanol–water partition coefficient (Wildman–Crippen LogP) is 3.15. The van der Waals surface area contributed by atoms with Gasteiger partial charge in [0.05, 0.1) is 6.04 Å². The van der Waals surface area contributed by atoms with E-state index in [0.29, 0.717) is 32.4 Å². The third-order valence-electron chi connectivity index (χ3n) is 4.44.